The van der Waals surface area contributed by atoms with Crippen molar-refractivity contribution in [2.45, 2.75) is 15.7 Å². The molecule has 1 aromatic rings. The van der Waals surface area contributed by atoms with Crippen LogP contribution in [0.2, 0.25) is 0 Å². The molecule has 1 N–H and O–H groups in total. The number of hydrogen-bond acceptors (Lipinski definition) is 2. The average molecular weight is 399 g/mol. The third-order valence-corrected chi connectivity index (χ3v) is 5.66. The molecular weight excluding hydrogens is 387 g/mol. The van der Waals surface area contributed by atoms with Gasteiger partial charge in [0.05, 0.1) is 0 Å². The Bertz CT molecular complexity index is 386. The van der Waals surface area contributed by atoms with Crippen molar-refractivity contribution in [1.29, 1.82) is 0 Å². The molecule has 0 radical (unpaired) electrons. The molecule has 0 atom stereocenters. The third kappa shape index (κ3) is 3.03. The summed E-state index contributed by atoms with van der Waals surface area (Å²) in [6, 6.07) is 7.11. The molecule has 0 amide bonds. The summed E-state index contributed by atoms with van der Waals surface area (Å²) in [6.45, 7) is 2.19. The fraction of sp³-hybridized carbons (Fsp3) is 0.333. The molecule has 0 heterocycles. The Labute approximate surface area is 101 Å². The molecule has 0 fully saturated rings. The molecule has 1 rings (SSSR count). The zero-order valence-corrected chi connectivity index (χ0v) is 14.5. The van der Waals surface area contributed by atoms with Crippen LogP contribution in [0.4, 0.5) is 0 Å². The predicted octanol–water partition coefficient (Wildman–Crippen LogP) is 1.03. The van der Waals surface area contributed by atoms with Crippen LogP contribution >= 0.6 is 0 Å². The van der Waals surface area contributed by atoms with Gasteiger partial charge in [0.25, 0.3) is 0 Å². The SMILES string of the molecule is CCNS(=O)(=O)c1ccc([CH2][Hg])cc1. The average Bonchev–Trinajstić information content (AvgIpc) is 2.18. The van der Waals surface area contributed by atoms with E-state index in [4.69, 9.17) is 0 Å². The molecule has 0 saturated carbocycles. The van der Waals surface area contributed by atoms with Crippen LogP contribution in [0.5, 0.6) is 0 Å². The maximum atomic E-state index is 11.5. The summed E-state index contributed by atoms with van der Waals surface area (Å²) < 4.78 is 26.6. The minimum atomic E-state index is -3.27. The van der Waals surface area contributed by atoms with E-state index in [1.54, 1.807) is 19.1 Å². The summed E-state index contributed by atoms with van der Waals surface area (Å²) in [7, 11) is -3.27. The monoisotopic (exact) mass is 400 g/mol. The molecule has 0 spiro atoms. The summed E-state index contributed by atoms with van der Waals surface area (Å²) in [6.07, 6.45) is 0. The number of benzene rings is 1. The number of hydrogen-bond donors (Lipinski definition) is 1. The molecule has 73 valence electrons. The van der Waals surface area contributed by atoms with Crippen molar-refractivity contribution in [3.05, 3.63) is 29.8 Å². The zero-order valence-electron chi connectivity index (χ0n) is 8.16. The summed E-state index contributed by atoms with van der Waals surface area (Å²) >= 11 is 0.726. The van der Waals surface area contributed by atoms with Gasteiger partial charge in [-0.2, -0.15) is 0 Å². The molecule has 0 aliphatic rings. The number of nitrogens with one attached hydrogen (secondary N) is 1. The van der Waals surface area contributed by atoms with Gasteiger partial charge in [-0.1, -0.05) is 0 Å². The van der Waals surface area contributed by atoms with Crippen LogP contribution in [-0.2, 0) is 40.1 Å². The van der Waals surface area contributed by atoms with Crippen LogP contribution < -0.4 is 4.72 Å². The summed E-state index contributed by atoms with van der Waals surface area (Å²) in [4.78, 5) is 0.352. The Hall–Kier alpha value is 0.0651. The molecule has 14 heavy (non-hydrogen) atoms. The normalized spacial score (nSPS) is 11.6. The van der Waals surface area contributed by atoms with Gasteiger partial charge in [0.15, 0.2) is 0 Å². The molecule has 0 aromatic heterocycles. The van der Waals surface area contributed by atoms with E-state index in [1.165, 1.54) is 5.56 Å². The van der Waals surface area contributed by atoms with E-state index >= 15 is 0 Å². The van der Waals surface area contributed by atoms with Gasteiger partial charge in [-0.15, -0.1) is 0 Å². The van der Waals surface area contributed by atoms with Crippen LogP contribution in [0.1, 0.15) is 12.5 Å². The van der Waals surface area contributed by atoms with Gasteiger partial charge in [-0.3, -0.25) is 0 Å². The minimum absolute atomic E-state index is 0.352. The first kappa shape index (κ1) is 12.1. The van der Waals surface area contributed by atoms with E-state index in [1.807, 2.05) is 12.1 Å². The second-order valence-electron chi connectivity index (χ2n) is 2.90. The van der Waals surface area contributed by atoms with E-state index < -0.39 is 10.0 Å². The van der Waals surface area contributed by atoms with Gasteiger partial charge in [0.1, 0.15) is 0 Å². The molecular formula is C9H12HgNO2S. The second-order valence-corrected chi connectivity index (χ2v) is 6.61. The van der Waals surface area contributed by atoms with E-state index in [2.05, 4.69) is 4.72 Å². The van der Waals surface area contributed by atoms with Crippen LogP contribution in [0, 0.1) is 0 Å². The van der Waals surface area contributed by atoms with Crippen LogP contribution in [0.15, 0.2) is 29.2 Å². The van der Waals surface area contributed by atoms with Crippen LogP contribution in [0.3, 0.4) is 0 Å². The first-order valence-corrected chi connectivity index (χ1v) is 9.85. The van der Waals surface area contributed by atoms with E-state index in [9.17, 15) is 8.42 Å². The standard InChI is InChI=1S/C9H12NO2S.Hg/c1-3-10-13(11,12)9-6-4-8(2)5-7-9;/h4-7,10H,2-3H2,1H3;. The van der Waals surface area contributed by atoms with Crippen molar-refractivity contribution in [2.24, 2.45) is 0 Å². The Kier molecular flexibility index (Phi) is 4.54. The first-order chi connectivity index (χ1) is 6.60. The van der Waals surface area contributed by atoms with E-state index in [0.29, 0.717) is 11.4 Å². The van der Waals surface area contributed by atoms with Crippen molar-refractivity contribution in [2.75, 3.05) is 6.54 Å². The topological polar surface area (TPSA) is 46.2 Å². The van der Waals surface area contributed by atoms with Crippen molar-refractivity contribution in [3.8, 4) is 0 Å². The van der Waals surface area contributed by atoms with Crippen LogP contribution in [-0.4, -0.2) is 15.0 Å². The molecule has 1 aromatic carbocycles. The predicted molar refractivity (Wildman–Crippen MR) is 51.0 cm³/mol. The van der Waals surface area contributed by atoms with Gasteiger partial charge in [-0.25, -0.2) is 0 Å². The van der Waals surface area contributed by atoms with Crippen molar-refractivity contribution in [1.82, 2.24) is 4.72 Å². The van der Waals surface area contributed by atoms with Crippen molar-refractivity contribution < 1.29 is 34.5 Å². The van der Waals surface area contributed by atoms with Crippen molar-refractivity contribution in [3.63, 3.8) is 0 Å². The number of rotatable bonds is 4. The molecule has 0 aliphatic heterocycles. The van der Waals surface area contributed by atoms with Gasteiger partial charge in [-0.05, 0) is 0 Å². The fourth-order valence-electron chi connectivity index (χ4n) is 1.11. The first-order valence-electron chi connectivity index (χ1n) is 4.48. The Morgan fingerprint density at radius 1 is 1.29 bits per heavy atom. The van der Waals surface area contributed by atoms with Crippen LogP contribution in [0.25, 0.3) is 0 Å². The molecule has 0 saturated heterocycles. The number of sulfonamides is 1. The third-order valence-electron chi connectivity index (χ3n) is 1.86. The maximum absolute atomic E-state index is 11.5. The Morgan fingerprint density at radius 2 is 1.86 bits per heavy atom. The van der Waals surface area contributed by atoms with Gasteiger partial charge in [0, 0.05) is 0 Å². The molecule has 3 nitrogen and oxygen atoms in total. The summed E-state index contributed by atoms with van der Waals surface area (Å²) in [5.74, 6) is 0. The molecule has 0 unspecified atom stereocenters. The van der Waals surface area contributed by atoms with Crippen molar-refractivity contribution >= 4 is 10.0 Å². The van der Waals surface area contributed by atoms with Gasteiger partial charge in [0.2, 0.25) is 0 Å². The Morgan fingerprint density at radius 3 is 2.29 bits per heavy atom. The summed E-state index contributed by atoms with van der Waals surface area (Å²) in [5.41, 5.74) is 1.23. The zero-order chi connectivity index (χ0) is 10.6. The van der Waals surface area contributed by atoms with Gasteiger partial charge >= 0.3 is 101 Å². The molecule has 0 aliphatic carbocycles. The van der Waals surface area contributed by atoms with E-state index in [-0.39, 0.29) is 0 Å². The quantitative estimate of drug-likeness (QED) is 0.770. The van der Waals surface area contributed by atoms with Gasteiger partial charge < -0.3 is 0 Å². The molecule has 0 bridgehead atoms. The second kappa shape index (κ2) is 5.23. The Balaban J connectivity index is 2.97. The fourth-order valence-corrected chi connectivity index (χ4v) is 3.45. The molecule has 5 heteroatoms. The summed E-state index contributed by atoms with van der Waals surface area (Å²) in [5, 5.41) is 0. The van der Waals surface area contributed by atoms with E-state index in [0.717, 1.165) is 30.1 Å².